The summed E-state index contributed by atoms with van der Waals surface area (Å²) in [6, 6.07) is 12.3. The van der Waals surface area contributed by atoms with Crippen LogP contribution >= 0.6 is 0 Å². The van der Waals surface area contributed by atoms with E-state index in [-0.39, 0.29) is 30.3 Å². The second kappa shape index (κ2) is 9.63. The zero-order valence-electron chi connectivity index (χ0n) is 23.5. The second-order valence-corrected chi connectivity index (χ2v) is 13.8. The molecule has 3 atom stereocenters. The minimum Gasteiger partial charge on any atom is -0.462 e. The zero-order valence-corrected chi connectivity index (χ0v) is 24.3. The van der Waals surface area contributed by atoms with Crippen molar-refractivity contribution in [2.75, 3.05) is 18.4 Å². The van der Waals surface area contributed by atoms with Gasteiger partial charge in [-0.25, -0.2) is 8.42 Å². The number of carbonyl (C=O) groups excluding carboxylic acids is 2. The van der Waals surface area contributed by atoms with Crippen molar-refractivity contribution in [3.05, 3.63) is 59.2 Å². The Labute approximate surface area is 231 Å². The highest BCUT2D eigenvalue weighted by Crippen LogP contribution is 2.64. The Hall–Kier alpha value is -2.91. The van der Waals surface area contributed by atoms with E-state index >= 15 is 0 Å². The normalized spacial score (nSPS) is 25.5. The lowest BCUT2D eigenvalue weighted by molar-refractivity contribution is -0.177. The predicted octanol–water partition coefficient (Wildman–Crippen LogP) is 4.34. The van der Waals surface area contributed by atoms with Crippen LogP contribution in [0.15, 0.2) is 47.4 Å². The van der Waals surface area contributed by atoms with Crippen LogP contribution in [-0.2, 0) is 34.5 Å². The predicted molar refractivity (Wildman–Crippen MR) is 148 cm³/mol. The number of aryl methyl sites for hydroxylation is 2. The Morgan fingerprint density at radius 2 is 1.54 bits per heavy atom. The highest BCUT2D eigenvalue weighted by Gasteiger charge is 2.74. The van der Waals surface area contributed by atoms with Gasteiger partial charge in [0.25, 0.3) is 0 Å². The van der Waals surface area contributed by atoms with E-state index in [4.69, 9.17) is 9.47 Å². The number of benzene rings is 2. The molecule has 1 N–H and O–H groups in total. The molecular weight excluding hydrogens is 516 g/mol. The van der Waals surface area contributed by atoms with Gasteiger partial charge in [-0.3, -0.25) is 9.59 Å². The summed E-state index contributed by atoms with van der Waals surface area (Å²) in [4.78, 5) is 28.1. The molecule has 0 amide bonds. The third-order valence-corrected chi connectivity index (χ3v) is 10.4. The van der Waals surface area contributed by atoms with Gasteiger partial charge >= 0.3 is 11.9 Å². The third-order valence-electron chi connectivity index (χ3n) is 8.55. The third kappa shape index (κ3) is 4.25. The lowest BCUT2D eigenvalue weighted by Crippen LogP contribution is -2.57. The van der Waals surface area contributed by atoms with E-state index in [1.165, 1.54) is 4.31 Å². The van der Waals surface area contributed by atoms with Crippen molar-refractivity contribution in [2.45, 2.75) is 82.9 Å². The molecule has 1 saturated carbocycles. The summed E-state index contributed by atoms with van der Waals surface area (Å²) in [5, 5.41) is 3.53. The molecular formula is C30H38N2O6S. The van der Waals surface area contributed by atoms with Crippen molar-refractivity contribution in [1.29, 1.82) is 0 Å². The topological polar surface area (TPSA) is 102 Å². The van der Waals surface area contributed by atoms with E-state index in [2.05, 4.69) is 11.4 Å². The molecule has 2 aliphatic heterocycles. The molecule has 0 radical (unpaired) electrons. The first-order valence-electron chi connectivity index (χ1n) is 13.7. The van der Waals surface area contributed by atoms with E-state index in [1.807, 2.05) is 26.0 Å². The SMILES string of the molecule is Cc1ccc(S(=O)(=O)N2CC[C@@]34c5cc(C)ccc5N[C@@H]3C(C(=O)OC(C)C)(C(=O)OC(C)C)C[C@H]4C2)cc1. The molecule has 0 bridgehead atoms. The van der Waals surface area contributed by atoms with Crippen LogP contribution in [0.3, 0.4) is 0 Å². The van der Waals surface area contributed by atoms with E-state index in [0.717, 1.165) is 22.4 Å². The van der Waals surface area contributed by atoms with Crippen LogP contribution in [-0.4, -0.2) is 56.0 Å². The fraction of sp³-hybridized carbons (Fsp3) is 0.533. The molecule has 1 spiro atoms. The highest BCUT2D eigenvalue weighted by atomic mass is 32.2. The first-order valence-corrected chi connectivity index (χ1v) is 15.1. The number of esters is 2. The lowest BCUT2D eigenvalue weighted by Gasteiger charge is -2.44. The smallest absolute Gasteiger partial charge is 0.325 e. The maximum absolute atomic E-state index is 13.9. The van der Waals surface area contributed by atoms with Gasteiger partial charge in [-0.15, -0.1) is 0 Å². The Balaban J connectivity index is 1.63. The molecule has 2 aromatic rings. The van der Waals surface area contributed by atoms with Gasteiger partial charge in [0.1, 0.15) is 0 Å². The summed E-state index contributed by atoms with van der Waals surface area (Å²) in [5.41, 5.74) is 1.69. The van der Waals surface area contributed by atoms with E-state index < -0.39 is 51.0 Å². The molecule has 2 heterocycles. The van der Waals surface area contributed by atoms with E-state index in [1.54, 1.807) is 52.0 Å². The summed E-state index contributed by atoms with van der Waals surface area (Å²) in [5.74, 6) is -1.55. The molecule has 39 heavy (non-hydrogen) atoms. The molecule has 3 aliphatic rings. The van der Waals surface area contributed by atoms with E-state index in [9.17, 15) is 18.0 Å². The Morgan fingerprint density at radius 1 is 0.949 bits per heavy atom. The van der Waals surface area contributed by atoms with E-state index in [0.29, 0.717) is 6.42 Å². The first-order chi connectivity index (χ1) is 18.3. The highest BCUT2D eigenvalue weighted by molar-refractivity contribution is 7.89. The van der Waals surface area contributed by atoms with Gasteiger partial charge < -0.3 is 14.8 Å². The summed E-state index contributed by atoms with van der Waals surface area (Å²) in [7, 11) is -3.77. The van der Waals surface area contributed by atoms with Gasteiger partial charge in [-0.05, 0) is 84.1 Å². The molecule has 210 valence electrons. The van der Waals surface area contributed by atoms with Crippen molar-refractivity contribution in [2.24, 2.45) is 11.3 Å². The molecule has 5 rings (SSSR count). The van der Waals surface area contributed by atoms with Gasteiger partial charge in [0.15, 0.2) is 5.41 Å². The molecule has 1 aliphatic carbocycles. The average molecular weight is 555 g/mol. The van der Waals surface area contributed by atoms with Crippen molar-refractivity contribution >= 4 is 27.6 Å². The van der Waals surface area contributed by atoms with Gasteiger partial charge in [0.05, 0.1) is 23.1 Å². The fourth-order valence-corrected chi connectivity index (χ4v) is 8.36. The quantitative estimate of drug-likeness (QED) is 0.419. The summed E-state index contributed by atoms with van der Waals surface area (Å²) >= 11 is 0. The molecule has 2 fully saturated rings. The van der Waals surface area contributed by atoms with Crippen LogP contribution in [0.4, 0.5) is 5.69 Å². The standard InChI is InChI=1S/C30H38N2O6S/c1-18(2)37-27(33)30(28(34)38-19(3)4)16-22-17-32(39(35,36)23-10-7-20(5)8-11-23)14-13-29(22)24-15-21(6)9-12-25(24)31-26(29)30/h7-12,15,18-19,22,26,31H,13-14,16-17H2,1-6H3/t22-,26-,29+/m0/s1. The Kier molecular flexibility index (Phi) is 6.82. The summed E-state index contributed by atoms with van der Waals surface area (Å²) in [6.07, 6.45) is -0.258. The minimum absolute atomic E-state index is 0.134. The maximum atomic E-state index is 13.9. The van der Waals surface area contributed by atoms with Crippen LogP contribution in [0.25, 0.3) is 0 Å². The fourth-order valence-electron chi connectivity index (χ4n) is 6.88. The van der Waals surface area contributed by atoms with Gasteiger partial charge in [-0.1, -0.05) is 35.4 Å². The minimum atomic E-state index is -3.77. The number of rotatable bonds is 6. The van der Waals surface area contributed by atoms with Crippen molar-refractivity contribution in [3.8, 4) is 0 Å². The number of hydrogen-bond donors (Lipinski definition) is 1. The van der Waals surface area contributed by atoms with Gasteiger partial charge in [0.2, 0.25) is 10.0 Å². The maximum Gasteiger partial charge on any atom is 0.325 e. The average Bonchev–Trinajstić information content (AvgIpc) is 3.33. The van der Waals surface area contributed by atoms with Crippen LogP contribution < -0.4 is 5.32 Å². The molecule has 1 saturated heterocycles. The van der Waals surface area contributed by atoms with Crippen molar-refractivity contribution < 1.29 is 27.5 Å². The molecule has 2 aromatic carbocycles. The number of sulfonamides is 1. The molecule has 8 nitrogen and oxygen atoms in total. The number of nitrogens with zero attached hydrogens (tertiary/aromatic N) is 1. The zero-order chi connectivity index (χ0) is 28.3. The second-order valence-electron chi connectivity index (χ2n) is 11.9. The molecule has 9 heteroatoms. The summed E-state index contributed by atoms with van der Waals surface area (Å²) < 4.78 is 40.4. The Bertz CT molecular complexity index is 1380. The number of anilines is 1. The van der Waals surface area contributed by atoms with Crippen molar-refractivity contribution in [3.63, 3.8) is 0 Å². The Morgan fingerprint density at radius 3 is 2.13 bits per heavy atom. The molecule has 0 aromatic heterocycles. The van der Waals surface area contributed by atoms with Crippen LogP contribution in [0.1, 0.15) is 57.2 Å². The number of ether oxygens (including phenoxy) is 2. The number of fused-ring (bicyclic) bond motifs is 1. The van der Waals surface area contributed by atoms with Crippen molar-refractivity contribution in [1.82, 2.24) is 4.31 Å². The van der Waals surface area contributed by atoms with Gasteiger partial charge in [0, 0.05) is 24.2 Å². The summed E-state index contributed by atoms with van der Waals surface area (Å²) in [6.45, 7) is 11.4. The van der Waals surface area contributed by atoms with Crippen LogP contribution in [0.2, 0.25) is 0 Å². The molecule has 0 unspecified atom stereocenters. The largest absolute Gasteiger partial charge is 0.462 e. The number of nitrogens with one attached hydrogen (secondary N) is 1. The monoisotopic (exact) mass is 554 g/mol. The van der Waals surface area contributed by atoms with Crippen LogP contribution in [0, 0.1) is 25.2 Å². The number of hydrogen-bond acceptors (Lipinski definition) is 7. The number of piperidine rings is 1. The first kappa shape index (κ1) is 27.6. The van der Waals surface area contributed by atoms with Crippen LogP contribution in [0.5, 0.6) is 0 Å². The van der Waals surface area contributed by atoms with Gasteiger partial charge in [-0.2, -0.15) is 4.31 Å². The number of carbonyl (C=O) groups is 2. The lowest BCUT2D eigenvalue weighted by atomic mass is 9.66.